The average molecular weight is 623 g/mol. The zero-order valence-corrected chi connectivity index (χ0v) is 24.3. The lowest BCUT2D eigenvalue weighted by Gasteiger charge is -2.35. The van der Waals surface area contributed by atoms with Crippen molar-refractivity contribution in [2.45, 2.75) is 95.8 Å². The Kier molecular flexibility index (Phi) is 14.3. The fourth-order valence-corrected chi connectivity index (χ4v) is 4.57. The van der Waals surface area contributed by atoms with Crippen LogP contribution in [0, 0.1) is 5.82 Å². The van der Waals surface area contributed by atoms with Crippen LogP contribution in [0.2, 0.25) is 0 Å². The Balaban J connectivity index is 0.000000395. The Bertz CT molecular complexity index is 1030. The molecule has 2 rings (SSSR count). The number of benzene rings is 2. The smallest absolute Gasteiger partial charge is 0.428 e. The minimum absolute atomic E-state index is 0.230. The van der Waals surface area contributed by atoms with Crippen molar-refractivity contribution in [2.75, 3.05) is 11.9 Å². The number of hydrogen-bond acceptors (Lipinski definition) is 4. The zero-order chi connectivity index (χ0) is 29.7. The van der Waals surface area contributed by atoms with Crippen molar-refractivity contribution in [3.05, 3.63) is 58.3 Å². The predicted molar refractivity (Wildman–Crippen MR) is 150 cm³/mol. The molecule has 0 saturated heterocycles. The van der Waals surface area contributed by atoms with Gasteiger partial charge in [-0.05, 0) is 48.2 Å². The number of unbranched alkanes of at least 4 members (excludes halogenated alkanes) is 7. The molecule has 0 amide bonds. The van der Waals surface area contributed by atoms with E-state index in [2.05, 4.69) is 52.4 Å². The van der Waals surface area contributed by atoms with Crippen molar-refractivity contribution in [1.29, 1.82) is 0 Å². The first kappa shape index (κ1) is 34.7. The minimum atomic E-state index is -5.42. The summed E-state index contributed by atoms with van der Waals surface area (Å²) in [4.78, 5) is 10.8. The summed E-state index contributed by atoms with van der Waals surface area (Å²) in [6.07, 6.45) is 4.34. The molecular formula is C29H40BrF4NO4. The Morgan fingerprint density at radius 2 is 1.54 bits per heavy atom. The standard InChI is InChI=1S/C16H26BrN.C13H14F4O4/c1-2-3-4-5-6-7-8-9-13-18-16-12-10-11-15(17)14-16;1-11(2,8-5-7(14)3-4-9(8)18)6-12(21,10(19)20)13(15,16)17/h10-12,14,18H,2-9,13H2,1H3;3-5,18,21H,6H2,1-2H3,(H,19,20). The summed E-state index contributed by atoms with van der Waals surface area (Å²) in [5.41, 5.74) is -4.66. The number of carboxylic acid groups (broad SMARTS) is 1. The second-order valence-electron chi connectivity index (χ2n) is 10.3. The van der Waals surface area contributed by atoms with Gasteiger partial charge in [0.25, 0.3) is 5.60 Å². The van der Waals surface area contributed by atoms with Crippen LogP contribution in [0.3, 0.4) is 0 Å². The van der Waals surface area contributed by atoms with Crippen LogP contribution in [0.4, 0.5) is 23.2 Å². The van der Waals surface area contributed by atoms with Gasteiger partial charge in [-0.15, -0.1) is 0 Å². The van der Waals surface area contributed by atoms with Crippen LogP contribution < -0.4 is 5.32 Å². The van der Waals surface area contributed by atoms with Crippen LogP contribution in [0.5, 0.6) is 5.75 Å². The summed E-state index contributed by atoms with van der Waals surface area (Å²) in [6, 6.07) is 11.0. The van der Waals surface area contributed by atoms with Crippen molar-refractivity contribution >= 4 is 27.6 Å². The molecule has 0 saturated carbocycles. The number of aliphatic carboxylic acids is 1. The van der Waals surface area contributed by atoms with Gasteiger partial charge in [-0.1, -0.05) is 87.7 Å². The number of rotatable bonds is 14. The van der Waals surface area contributed by atoms with E-state index < -0.39 is 41.1 Å². The highest BCUT2D eigenvalue weighted by Gasteiger charge is 2.62. The molecule has 0 fully saturated rings. The van der Waals surface area contributed by atoms with Gasteiger partial charge in [-0.2, -0.15) is 13.2 Å². The number of aromatic hydroxyl groups is 1. The van der Waals surface area contributed by atoms with E-state index in [1.807, 2.05) is 0 Å². The minimum Gasteiger partial charge on any atom is -0.508 e. The highest BCUT2D eigenvalue weighted by atomic mass is 79.9. The van der Waals surface area contributed by atoms with Gasteiger partial charge < -0.3 is 20.6 Å². The number of halogens is 5. The average Bonchev–Trinajstić information content (AvgIpc) is 2.84. The third-order valence-electron chi connectivity index (χ3n) is 6.39. The van der Waals surface area contributed by atoms with E-state index in [4.69, 9.17) is 5.11 Å². The first-order chi connectivity index (χ1) is 18.1. The molecule has 0 aliphatic heterocycles. The SMILES string of the molecule is CC(C)(CC(O)(C(=O)O)C(F)(F)F)c1cc(F)ccc1O.CCCCCCCCCCNc1cccc(Br)c1. The van der Waals surface area contributed by atoms with Crippen molar-refractivity contribution in [1.82, 2.24) is 0 Å². The van der Waals surface area contributed by atoms with E-state index in [1.165, 1.54) is 70.9 Å². The van der Waals surface area contributed by atoms with Crippen LogP contribution in [-0.4, -0.2) is 39.6 Å². The van der Waals surface area contributed by atoms with Gasteiger partial charge >= 0.3 is 12.1 Å². The summed E-state index contributed by atoms with van der Waals surface area (Å²) in [6.45, 7) is 5.70. The molecule has 1 atom stereocenters. The number of hydrogen-bond donors (Lipinski definition) is 4. The molecule has 0 bridgehead atoms. The van der Waals surface area contributed by atoms with Gasteiger partial charge in [-0.25, -0.2) is 9.18 Å². The molecule has 39 heavy (non-hydrogen) atoms. The van der Waals surface area contributed by atoms with Crippen LogP contribution in [0.25, 0.3) is 0 Å². The fraction of sp³-hybridized carbons (Fsp3) is 0.552. The highest BCUT2D eigenvalue weighted by Crippen LogP contribution is 2.43. The van der Waals surface area contributed by atoms with E-state index >= 15 is 0 Å². The van der Waals surface area contributed by atoms with Gasteiger partial charge in [0.1, 0.15) is 11.6 Å². The van der Waals surface area contributed by atoms with E-state index in [1.54, 1.807) is 0 Å². The number of carbonyl (C=O) groups is 1. The van der Waals surface area contributed by atoms with E-state index in [0.29, 0.717) is 0 Å². The molecule has 2 aromatic carbocycles. The van der Waals surface area contributed by atoms with Gasteiger partial charge in [-0.3, -0.25) is 0 Å². The van der Waals surface area contributed by atoms with Crippen molar-refractivity contribution in [3.8, 4) is 5.75 Å². The summed E-state index contributed by atoms with van der Waals surface area (Å²) in [5.74, 6) is -3.75. The normalized spacial score (nSPS) is 13.3. The lowest BCUT2D eigenvalue weighted by atomic mass is 9.74. The van der Waals surface area contributed by atoms with Crippen molar-refractivity contribution in [3.63, 3.8) is 0 Å². The third-order valence-corrected chi connectivity index (χ3v) is 6.89. The Hall–Kier alpha value is -2.33. The number of phenols is 1. The zero-order valence-electron chi connectivity index (χ0n) is 22.8. The van der Waals surface area contributed by atoms with Gasteiger partial charge in [0.05, 0.1) is 0 Å². The molecule has 0 radical (unpaired) electrons. The molecule has 1 unspecified atom stereocenters. The number of nitrogens with one attached hydrogen (secondary N) is 1. The quantitative estimate of drug-likeness (QED) is 0.125. The lowest BCUT2D eigenvalue weighted by molar-refractivity contribution is -0.265. The van der Waals surface area contributed by atoms with E-state index in [0.717, 1.165) is 29.2 Å². The van der Waals surface area contributed by atoms with Crippen LogP contribution in [0.15, 0.2) is 46.9 Å². The molecule has 5 nitrogen and oxygen atoms in total. The topological polar surface area (TPSA) is 89.8 Å². The number of carboxylic acids is 1. The molecule has 220 valence electrons. The Labute approximate surface area is 236 Å². The predicted octanol–water partition coefficient (Wildman–Crippen LogP) is 8.58. The van der Waals surface area contributed by atoms with Gasteiger partial charge in [0, 0.05) is 28.7 Å². The maximum Gasteiger partial charge on any atom is 0.428 e. The number of aliphatic hydroxyl groups is 1. The number of alkyl halides is 3. The summed E-state index contributed by atoms with van der Waals surface area (Å²) in [7, 11) is 0. The largest absolute Gasteiger partial charge is 0.508 e. The first-order valence-corrected chi connectivity index (χ1v) is 13.9. The van der Waals surface area contributed by atoms with E-state index in [-0.39, 0.29) is 5.56 Å². The first-order valence-electron chi connectivity index (χ1n) is 13.1. The van der Waals surface area contributed by atoms with Gasteiger partial charge in [0.15, 0.2) is 0 Å². The van der Waals surface area contributed by atoms with Gasteiger partial charge in [0.2, 0.25) is 0 Å². The number of anilines is 1. The molecule has 0 heterocycles. The van der Waals surface area contributed by atoms with Crippen molar-refractivity contribution < 1.29 is 37.7 Å². The second-order valence-corrected chi connectivity index (χ2v) is 11.2. The highest BCUT2D eigenvalue weighted by molar-refractivity contribution is 9.10. The maximum absolute atomic E-state index is 13.2. The maximum atomic E-state index is 13.2. The van der Waals surface area contributed by atoms with Crippen LogP contribution >= 0.6 is 15.9 Å². The number of phenolic OH excluding ortho intramolecular Hbond substituents is 1. The molecule has 4 N–H and O–H groups in total. The van der Waals surface area contributed by atoms with E-state index in [9.17, 15) is 32.6 Å². The fourth-order valence-electron chi connectivity index (χ4n) is 4.17. The molecule has 0 aromatic heterocycles. The lowest BCUT2D eigenvalue weighted by Crippen LogP contribution is -2.55. The third kappa shape index (κ3) is 11.7. The summed E-state index contributed by atoms with van der Waals surface area (Å²) >= 11 is 3.49. The molecule has 0 spiro atoms. The summed E-state index contributed by atoms with van der Waals surface area (Å²) in [5, 5.41) is 31.3. The molecule has 2 aromatic rings. The molecule has 0 aliphatic rings. The Morgan fingerprint density at radius 1 is 0.949 bits per heavy atom. The monoisotopic (exact) mass is 621 g/mol. The molecular weight excluding hydrogens is 582 g/mol. The second kappa shape index (κ2) is 16.1. The van der Waals surface area contributed by atoms with Crippen LogP contribution in [-0.2, 0) is 10.2 Å². The molecule has 10 heteroatoms. The summed E-state index contributed by atoms with van der Waals surface area (Å²) < 4.78 is 52.8. The van der Waals surface area contributed by atoms with Crippen molar-refractivity contribution in [2.24, 2.45) is 0 Å². The van der Waals surface area contributed by atoms with Crippen LogP contribution in [0.1, 0.15) is 84.1 Å². The Morgan fingerprint density at radius 3 is 2.08 bits per heavy atom. The molecule has 0 aliphatic carbocycles.